The number of rotatable bonds is 6. The summed E-state index contributed by atoms with van der Waals surface area (Å²) in [6, 6.07) is 0. The van der Waals surface area contributed by atoms with Gasteiger partial charge in [0.25, 0.3) is 0 Å². The van der Waals surface area contributed by atoms with E-state index in [0.717, 1.165) is 31.4 Å². The van der Waals surface area contributed by atoms with Gasteiger partial charge in [-0.2, -0.15) is 5.10 Å². The zero-order valence-corrected chi connectivity index (χ0v) is 8.89. The Bertz CT molecular complexity index is 170. The summed E-state index contributed by atoms with van der Waals surface area (Å²) < 4.78 is 0. The molecule has 0 heterocycles. The Morgan fingerprint density at radius 2 is 1.85 bits per heavy atom. The summed E-state index contributed by atoms with van der Waals surface area (Å²) in [6.07, 6.45) is 4.39. The molecule has 0 aliphatic carbocycles. The van der Waals surface area contributed by atoms with Crippen LogP contribution in [0.5, 0.6) is 0 Å². The van der Waals surface area contributed by atoms with Crippen molar-refractivity contribution >= 4 is 11.6 Å². The Morgan fingerprint density at radius 1 is 1.23 bits per heavy atom. The second-order valence-corrected chi connectivity index (χ2v) is 3.02. The van der Waals surface area contributed by atoms with E-state index < -0.39 is 0 Å². The van der Waals surface area contributed by atoms with Crippen LogP contribution in [0, 0.1) is 0 Å². The predicted molar refractivity (Wildman–Crippen MR) is 55.7 cm³/mol. The summed E-state index contributed by atoms with van der Waals surface area (Å²) in [5.74, 6) is 0.0289. The minimum atomic E-state index is 0.0289. The molecule has 1 amide bonds. The van der Waals surface area contributed by atoms with Gasteiger partial charge in [0.15, 0.2) is 0 Å². The smallest absolute Gasteiger partial charge is 0.240 e. The van der Waals surface area contributed by atoms with Crippen LogP contribution in [0.25, 0.3) is 0 Å². The maximum absolute atomic E-state index is 11.1. The highest BCUT2D eigenvalue weighted by molar-refractivity contribution is 5.85. The molecule has 0 saturated heterocycles. The van der Waals surface area contributed by atoms with Gasteiger partial charge in [-0.25, -0.2) is 5.43 Å². The molecule has 0 aromatic carbocycles. The molecular formula is C10H20N2O. The van der Waals surface area contributed by atoms with Crippen LogP contribution in [0.15, 0.2) is 5.10 Å². The zero-order chi connectivity index (χ0) is 10.1. The minimum Gasteiger partial charge on any atom is -0.273 e. The summed E-state index contributed by atoms with van der Waals surface area (Å²) in [6.45, 7) is 6.15. The number of hydrazone groups is 1. The SMILES string of the molecule is CCCCC(=O)NN=C(CC)CC. The molecule has 3 nitrogen and oxygen atoms in total. The third-order valence-corrected chi connectivity index (χ3v) is 1.91. The van der Waals surface area contributed by atoms with Gasteiger partial charge >= 0.3 is 0 Å². The number of amides is 1. The van der Waals surface area contributed by atoms with E-state index in [2.05, 4.69) is 17.5 Å². The normalized spacial score (nSPS) is 9.46. The summed E-state index contributed by atoms with van der Waals surface area (Å²) >= 11 is 0. The highest BCUT2D eigenvalue weighted by Gasteiger charge is 1.98. The van der Waals surface area contributed by atoms with Gasteiger partial charge < -0.3 is 0 Å². The summed E-state index contributed by atoms with van der Waals surface area (Å²) in [7, 11) is 0. The van der Waals surface area contributed by atoms with E-state index in [0.29, 0.717) is 6.42 Å². The molecule has 0 aliphatic heterocycles. The zero-order valence-electron chi connectivity index (χ0n) is 8.89. The number of carbonyl (C=O) groups is 1. The van der Waals surface area contributed by atoms with Gasteiger partial charge in [0.1, 0.15) is 0 Å². The lowest BCUT2D eigenvalue weighted by molar-refractivity contribution is -0.121. The summed E-state index contributed by atoms with van der Waals surface area (Å²) in [5, 5.41) is 4.03. The fraction of sp³-hybridized carbons (Fsp3) is 0.800. The van der Waals surface area contributed by atoms with Crippen LogP contribution in [0.1, 0.15) is 52.9 Å². The molecule has 1 N–H and O–H groups in total. The fourth-order valence-corrected chi connectivity index (χ4v) is 0.943. The second kappa shape index (κ2) is 7.77. The number of hydrogen-bond donors (Lipinski definition) is 1. The molecule has 0 atom stereocenters. The number of nitrogens with one attached hydrogen (secondary N) is 1. The van der Waals surface area contributed by atoms with Crippen molar-refractivity contribution in [3.8, 4) is 0 Å². The van der Waals surface area contributed by atoms with Crippen molar-refractivity contribution in [2.45, 2.75) is 52.9 Å². The molecule has 3 heteroatoms. The first-order chi connectivity index (χ1) is 6.24. The van der Waals surface area contributed by atoms with Crippen molar-refractivity contribution in [1.29, 1.82) is 0 Å². The van der Waals surface area contributed by atoms with Gasteiger partial charge in [-0.15, -0.1) is 0 Å². The van der Waals surface area contributed by atoms with Crippen molar-refractivity contribution in [2.75, 3.05) is 0 Å². The molecule has 0 radical (unpaired) electrons. The van der Waals surface area contributed by atoms with Crippen LogP contribution in [-0.2, 0) is 4.79 Å². The van der Waals surface area contributed by atoms with E-state index in [4.69, 9.17) is 0 Å². The van der Waals surface area contributed by atoms with E-state index in [1.807, 2.05) is 13.8 Å². The van der Waals surface area contributed by atoms with Crippen molar-refractivity contribution in [3.63, 3.8) is 0 Å². The molecule has 0 bridgehead atoms. The van der Waals surface area contributed by atoms with Gasteiger partial charge in [-0.05, 0) is 19.3 Å². The molecular weight excluding hydrogens is 164 g/mol. The molecule has 0 saturated carbocycles. The number of carbonyl (C=O) groups excluding carboxylic acids is 1. The van der Waals surface area contributed by atoms with Crippen molar-refractivity contribution in [3.05, 3.63) is 0 Å². The van der Waals surface area contributed by atoms with E-state index in [1.54, 1.807) is 0 Å². The highest BCUT2D eigenvalue weighted by Crippen LogP contribution is 1.94. The van der Waals surface area contributed by atoms with E-state index in [9.17, 15) is 4.79 Å². The standard InChI is InChI=1S/C10H20N2O/c1-4-7-8-10(13)12-11-9(5-2)6-3/h4-8H2,1-3H3,(H,12,13). The lowest BCUT2D eigenvalue weighted by Gasteiger charge is -2.01. The Kier molecular flexibility index (Phi) is 7.26. The first-order valence-corrected chi connectivity index (χ1v) is 5.08. The van der Waals surface area contributed by atoms with Gasteiger partial charge in [-0.1, -0.05) is 27.2 Å². The molecule has 0 unspecified atom stereocenters. The molecule has 76 valence electrons. The molecule has 0 aliphatic rings. The number of unbranched alkanes of at least 4 members (excludes halogenated alkanes) is 1. The third kappa shape index (κ3) is 6.31. The number of nitrogens with zero attached hydrogens (tertiary/aromatic N) is 1. The first kappa shape index (κ1) is 12.1. The van der Waals surface area contributed by atoms with Crippen LogP contribution in [0.2, 0.25) is 0 Å². The van der Waals surface area contributed by atoms with E-state index in [-0.39, 0.29) is 5.91 Å². The topological polar surface area (TPSA) is 41.5 Å². The van der Waals surface area contributed by atoms with Gasteiger partial charge in [0.2, 0.25) is 5.91 Å². The van der Waals surface area contributed by atoms with Crippen LogP contribution >= 0.6 is 0 Å². The Balaban J connectivity index is 3.71. The molecule has 0 aromatic rings. The Hall–Kier alpha value is -0.860. The van der Waals surface area contributed by atoms with Gasteiger partial charge in [-0.3, -0.25) is 4.79 Å². The average molecular weight is 184 g/mol. The van der Waals surface area contributed by atoms with Crippen molar-refractivity contribution < 1.29 is 4.79 Å². The lowest BCUT2D eigenvalue weighted by atomic mass is 10.2. The third-order valence-electron chi connectivity index (χ3n) is 1.91. The molecule has 13 heavy (non-hydrogen) atoms. The lowest BCUT2D eigenvalue weighted by Crippen LogP contribution is -2.18. The molecule has 0 rings (SSSR count). The van der Waals surface area contributed by atoms with E-state index >= 15 is 0 Å². The molecule has 0 fully saturated rings. The minimum absolute atomic E-state index is 0.0289. The molecule has 0 aromatic heterocycles. The largest absolute Gasteiger partial charge is 0.273 e. The summed E-state index contributed by atoms with van der Waals surface area (Å²) in [4.78, 5) is 11.1. The van der Waals surface area contributed by atoms with Crippen LogP contribution < -0.4 is 5.43 Å². The number of hydrogen-bond acceptors (Lipinski definition) is 2. The maximum atomic E-state index is 11.1. The van der Waals surface area contributed by atoms with Crippen LogP contribution in [-0.4, -0.2) is 11.6 Å². The summed E-state index contributed by atoms with van der Waals surface area (Å²) in [5.41, 5.74) is 3.61. The Morgan fingerprint density at radius 3 is 2.31 bits per heavy atom. The monoisotopic (exact) mass is 184 g/mol. The maximum Gasteiger partial charge on any atom is 0.240 e. The second-order valence-electron chi connectivity index (χ2n) is 3.02. The van der Waals surface area contributed by atoms with Crippen molar-refractivity contribution in [2.24, 2.45) is 5.10 Å². The quantitative estimate of drug-likeness (QED) is 0.500. The average Bonchev–Trinajstić information content (AvgIpc) is 2.16. The highest BCUT2D eigenvalue weighted by atomic mass is 16.2. The van der Waals surface area contributed by atoms with Crippen LogP contribution in [0.4, 0.5) is 0 Å². The van der Waals surface area contributed by atoms with Gasteiger partial charge in [0, 0.05) is 12.1 Å². The molecule has 0 spiro atoms. The fourth-order valence-electron chi connectivity index (χ4n) is 0.943. The van der Waals surface area contributed by atoms with Gasteiger partial charge in [0.05, 0.1) is 0 Å². The predicted octanol–water partition coefficient (Wildman–Crippen LogP) is 2.47. The van der Waals surface area contributed by atoms with Crippen molar-refractivity contribution in [1.82, 2.24) is 5.43 Å². The van der Waals surface area contributed by atoms with E-state index in [1.165, 1.54) is 0 Å². The van der Waals surface area contributed by atoms with Crippen LogP contribution in [0.3, 0.4) is 0 Å². The first-order valence-electron chi connectivity index (χ1n) is 5.08. The Labute approximate surface area is 80.6 Å².